The van der Waals surface area contributed by atoms with Gasteiger partial charge in [-0.2, -0.15) is 0 Å². The first kappa shape index (κ1) is 20.4. The maximum Gasteiger partial charge on any atom is 0.407 e. The molecule has 3 aliphatic carbocycles. The maximum atomic E-state index is 13.1. The first-order valence-corrected chi connectivity index (χ1v) is 11.8. The molecule has 1 N–H and O–H groups in total. The number of methoxy groups -OCH3 is 1. The third kappa shape index (κ3) is 3.39. The Labute approximate surface area is 153 Å². The second-order valence-corrected chi connectivity index (χ2v) is 14.1. The molecule has 144 valence electrons. The quantitative estimate of drug-likeness (QED) is 0.704. The summed E-state index contributed by atoms with van der Waals surface area (Å²) in [7, 11) is -0.879. The minimum absolute atomic E-state index is 0.176. The summed E-state index contributed by atoms with van der Waals surface area (Å²) in [6, 6.07) is -0.275. The Morgan fingerprint density at radius 1 is 1.16 bits per heavy atom. The summed E-state index contributed by atoms with van der Waals surface area (Å²) in [5.41, 5.74) is 0.322. The molecule has 3 aliphatic rings. The minimum atomic E-state index is -2.24. The van der Waals surface area contributed by atoms with Crippen molar-refractivity contribution < 1.29 is 18.8 Å². The van der Waals surface area contributed by atoms with Gasteiger partial charge < -0.3 is 14.5 Å². The van der Waals surface area contributed by atoms with E-state index in [1.165, 1.54) is 7.11 Å². The maximum absolute atomic E-state index is 13.1. The Morgan fingerprint density at radius 2 is 1.72 bits per heavy atom. The molecule has 0 spiro atoms. The van der Waals surface area contributed by atoms with Crippen molar-refractivity contribution in [3.8, 4) is 0 Å². The Kier molecular flexibility index (Phi) is 6.04. The topological polar surface area (TPSA) is 64.6 Å². The Balaban J connectivity index is 2.45. The normalized spacial score (nSPS) is 29.6. The fourth-order valence-corrected chi connectivity index (χ4v) is 11.1. The lowest BCUT2D eigenvalue weighted by Gasteiger charge is -2.56. The fourth-order valence-electron chi connectivity index (χ4n) is 5.41. The lowest BCUT2D eigenvalue weighted by Crippen LogP contribution is -2.69. The van der Waals surface area contributed by atoms with Crippen LogP contribution in [0.5, 0.6) is 0 Å². The highest BCUT2D eigenvalue weighted by Gasteiger charge is 2.60. The zero-order chi connectivity index (χ0) is 19.0. The van der Waals surface area contributed by atoms with Gasteiger partial charge in [0.15, 0.2) is 5.78 Å². The van der Waals surface area contributed by atoms with Crippen molar-refractivity contribution >= 4 is 20.2 Å². The second kappa shape index (κ2) is 7.39. The van der Waals surface area contributed by atoms with Crippen LogP contribution in [0.4, 0.5) is 4.79 Å². The Morgan fingerprint density at radius 3 is 2.16 bits per heavy atom. The van der Waals surface area contributed by atoms with E-state index in [-0.39, 0.29) is 11.8 Å². The summed E-state index contributed by atoms with van der Waals surface area (Å²) in [6.07, 6.45) is 2.63. The molecule has 25 heavy (non-hydrogen) atoms. The highest BCUT2D eigenvalue weighted by atomic mass is 28.4. The van der Waals surface area contributed by atoms with Gasteiger partial charge in [-0.05, 0) is 41.8 Å². The number of carbonyl (C=O) groups excluding carboxylic acids is 2. The lowest BCUT2D eigenvalue weighted by atomic mass is 9.64. The molecule has 0 heterocycles. The van der Waals surface area contributed by atoms with Crippen LogP contribution in [0, 0.1) is 5.92 Å². The summed E-state index contributed by atoms with van der Waals surface area (Å²) in [5.74, 6) is 0.531. The Hall–Kier alpha value is -0.883. The summed E-state index contributed by atoms with van der Waals surface area (Å²) in [5, 5.41) is 2.93. The van der Waals surface area contributed by atoms with E-state index in [1.807, 2.05) is 0 Å². The van der Waals surface area contributed by atoms with Crippen LogP contribution in [0.2, 0.25) is 16.6 Å². The number of fused-ring (bicyclic) bond motifs is 3. The van der Waals surface area contributed by atoms with Crippen LogP contribution in [0.15, 0.2) is 0 Å². The zero-order valence-electron chi connectivity index (χ0n) is 16.8. The number of rotatable bonds is 6. The standard InChI is InChI=1S/C19H35NO4Si/c1-12(2)25(13(3)4,14(5)6)24-19-9-8-15(11-17(19)21)10-16(19)20-18(22)23-7/h12-16H,8-11H2,1-7H3,(H,20,22). The van der Waals surface area contributed by atoms with Gasteiger partial charge in [-0.1, -0.05) is 41.5 Å². The predicted molar refractivity (Wildman–Crippen MR) is 101 cm³/mol. The molecule has 3 atom stereocenters. The van der Waals surface area contributed by atoms with Gasteiger partial charge in [-0.3, -0.25) is 4.79 Å². The van der Waals surface area contributed by atoms with E-state index in [4.69, 9.17) is 9.16 Å². The average molecular weight is 370 g/mol. The second-order valence-electron chi connectivity index (χ2n) is 8.77. The number of ether oxygens (including phenoxy) is 1. The smallest absolute Gasteiger partial charge is 0.407 e. The van der Waals surface area contributed by atoms with E-state index in [1.54, 1.807) is 0 Å². The van der Waals surface area contributed by atoms with Crippen molar-refractivity contribution in [3.05, 3.63) is 0 Å². The van der Waals surface area contributed by atoms with Crippen molar-refractivity contribution in [2.45, 2.75) is 95.5 Å². The largest absolute Gasteiger partial charge is 0.453 e. The first-order valence-electron chi connectivity index (χ1n) is 9.68. The van der Waals surface area contributed by atoms with E-state index >= 15 is 0 Å². The molecule has 0 radical (unpaired) electrons. The molecule has 0 aromatic rings. The van der Waals surface area contributed by atoms with Gasteiger partial charge >= 0.3 is 6.09 Å². The van der Waals surface area contributed by atoms with E-state index in [9.17, 15) is 9.59 Å². The molecule has 3 fully saturated rings. The summed E-state index contributed by atoms with van der Waals surface area (Å²) >= 11 is 0. The van der Waals surface area contributed by atoms with E-state index in [2.05, 4.69) is 46.9 Å². The number of amides is 1. The van der Waals surface area contributed by atoms with E-state index in [0.29, 0.717) is 35.4 Å². The number of alkyl carbamates (subject to hydrolysis) is 1. The molecule has 3 rings (SSSR count). The number of hydrogen-bond acceptors (Lipinski definition) is 4. The lowest BCUT2D eigenvalue weighted by molar-refractivity contribution is -0.152. The molecule has 2 bridgehead atoms. The van der Waals surface area contributed by atoms with Crippen LogP contribution < -0.4 is 5.32 Å². The molecule has 0 aromatic heterocycles. The zero-order valence-corrected chi connectivity index (χ0v) is 17.8. The third-order valence-electron chi connectivity index (χ3n) is 6.55. The highest BCUT2D eigenvalue weighted by molar-refractivity contribution is 6.77. The van der Waals surface area contributed by atoms with Crippen molar-refractivity contribution in [1.82, 2.24) is 5.32 Å². The molecular weight excluding hydrogens is 334 g/mol. The fraction of sp³-hybridized carbons (Fsp3) is 0.895. The monoisotopic (exact) mass is 369 g/mol. The summed E-state index contributed by atoms with van der Waals surface area (Å²) in [6.45, 7) is 13.4. The van der Waals surface area contributed by atoms with Crippen molar-refractivity contribution in [2.75, 3.05) is 7.11 Å². The molecule has 3 unspecified atom stereocenters. The average Bonchev–Trinajstić information content (AvgIpc) is 2.52. The molecule has 1 amide bonds. The van der Waals surface area contributed by atoms with Gasteiger partial charge in [0.05, 0.1) is 13.2 Å². The van der Waals surface area contributed by atoms with Gasteiger partial charge in [-0.15, -0.1) is 0 Å². The molecule has 0 aliphatic heterocycles. The number of Topliss-reactive ketones (excluding diaryl/α,β-unsaturated/α-hetero) is 1. The molecule has 5 nitrogen and oxygen atoms in total. The van der Waals surface area contributed by atoms with E-state index < -0.39 is 20.0 Å². The van der Waals surface area contributed by atoms with Crippen molar-refractivity contribution in [1.29, 1.82) is 0 Å². The SMILES string of the molecule is COC(=O)NC1CC2CCC1(O[Si](C(C)C)(C(C)C)C(C)C)C(=O)C2. The van der Waals surface area contributed by atoms with Crippen LogP contribution in [-0.2, 0) is 14.0 Å². The van der Waals surface area contributed by atoms with Crippen molar-refractivity contribution in [3.63, 3.8) is 0 Å². The van der Waals surface area contributed by atoms with Crippen LogP contribution in [0.1, 0.15) is 67.2 Å². The Bertz CT molecular complexity index is 498. The van der Waals surface area contributed by atoms with Crippen LogP contribution in [-0.4, -0.2) is 38.9 Å². The van der Waals surface area contributed by atoms with Gasteiger partial charge in [0.25, 0.3) is 0 Å². The van der Waals surface area contributed by atoms with Crippen LogP contribution in [0.3, 0.4) is 0 Å². The minimum Gasteiger partial charge on any atom is -0.453 e. The number of hydrogen-bond donors (Lipinski definition) is 1. The van der Waals surface area contributed by atoms with E-state index in [0.717, 1.165) is 12.8 Å². The first-order chi connectivity index (χ1) is 11.6. The van der Waals surface area contributed by atoms with Crippen molar-refractivity contribution in [2.24, 2.45) is 5.92 Å². The molecule has 6 heteroatoms. The number of nitrogens with one attached hydrogen (secondary N) is 1. The van der Waals surface area contributed by atoms with Gasteiger partial charge in [0, 0.05) is 6.42 Å². The molecule has 3 saturated carbocycles. The van der Waals surface area contributed by atoms with Crippen LogP contribution in [0.25, 0.3) is 0 Å². The third-order valence-corrected chi connectivity index (χ3v) is 12.7. The van der Waals surface area contributed by atoms with Crippen LogP contribution >= 0.6 is 0 Å². The number of carbonyl (C=O) groups is 2. The summed E-state index contributed by atoms with van der Waals surface area (Å²) < 4.78 is 11.8. The van der Waals surface area contributed by atoms with Gasteiger partial charge in [0.1, 0.15) is 5.60 Å². The molecule has 0 aromatic carbocycles. The van der Waals surface area contributed by atoms with Gasteiger partial charge in [-0.25, -0.2) is 4.79 Å². The molecular formula is C19H35NO4Si. The highest BCUT2D eigenvalue weighted by Crippen LogP contribution is 2.51. The summed E-state index contributed by atoms with van der Waals surface area (Å²) in [4.78, 5) is 25.0. The molecule has 0 saturated heterocycles. The van der Waals surface area contributed by atoms with Gasteiger partial charge in [0.2, 0.25) is 8.32 Å². The predicted octanol–water partition coefficient (Wildman–Crippen LogP) is 4.41. The number of ketones is 1.